The largest absolute Gasteiger partial charge is 0.378 e. The number of rotatable bonds is 8. The van der Waals surface area contributed by atoms with Gasteiger partial charge in [0.1, 0.15) is 0 Å². The lowest BCUT2D eigenvalue weighted by Crippen LogP contribution is -2.57. The lowest BCUT2D eigenvalue weighted by Gasteiger charge is -2.45. The molecule has 0 radical (unpaired) electrons. The summed E-state index contributed by atoms with van der Waals surface area (Å²) in [5.74, 6) is 0.881. The predicted octanol–water partition coefficient (Wildman–Crippen LogP) is 1.88. The molecule has 2 aliphatic rings. The zero-order valence-electron chi connectivity index (χ0n) is 11.5. The molecule has 3 heteroatoms. The summed E-state index contributed by atoms with van der Waals surface area (Å²) in [5, 5.41) is 3.59. The summed E-state index contributed by atoms with van der Waals surface area (Å²) in [5.41, 5.74) is 0. The first-order valence-corrected chi connectivity index (χ1v) is 7.38. The van der Waals surface area contributed by atoms with Gasteiger partial charge in [0.15, 0.2) is 0 Å². The van der Waals surface area contributed by atoms with Crippen molar-refractivity contribution in [1.82, 2.24) is 10.2 Å². The number of likely N-dealkylation sites (tertiary alicyclic amines) is 1. The minimum Gasteiger partial charge on any atom is -0.378 e. The number of nitrogens with one attached hydrogen (secondary N) is 1. The van der Waals surface area contributed by atoms with Gasteiger partial charge in [-0.15, -0.1) is 0 Å². The number of ether oxygens (including phenoxy) is 1. The van der Waals surface area contributed by atoms with Crippen molar-refractivity contribution < 1.29 is 4.74 Å². The molecule has 0 amide bonds. The molecular weight excluding hydrogens is 212 g/mol. The van der Waals surface area contributed by atoms with Crippen LogP contribution >= 0.6 is 0 Å². The van der Waals surface area contributed by atoms with E-state index in [4.69, 9.17) is 4.74 Å². The fourth-order valence-corrected chi connectivity index (χ4v) is 2.90. The molecule has 0 bridgehead atoms. The molecule has 0 atom stereocenters. The molecule has 17 heavy (non-hydrogen) atoms. The van der Waals surface area contributed by atoms with Crippen LogP contribution in [-0.4, -0.2) is 49.8 Å². The summed E-state index contributed by atoms with van der Waals surface area (Å²) in [4.78, 5) is 2.69. The van der Waals surface area contributed by atoms with Crippen LogP contribution in [0.25, 0.3) is 0 Å². The molecule has 0 aromatic carbocycles. The fourth-order valence-electron chi connectivity index (χ4n) is 2.90. The monoisotopic (exact) mass is 240 g/mol. The standard InChI is InChI=1S/C14H28N2O/c1-3-5-14(6-4-2)16-8-12(9-16)7-15-13-10-17-11-13/h12-15H,3-11H2,1-2H3. The summed E-state index contributed by atoms with van der Waals surface area (Å²) in [6, 6.07) is 1.50. The first-order valence-electron chi connectivity index (χ1n) is 7.38. The molecule has 0 spiro atoms. The van der Waals surface area contributed by atoms with E-state index in [-0.39, 0.29) is 0 Å². The topological polar surface area (TPSA) is 24.5 Å². The minimum absolute atomic E-state index is 0.645. The Morgan fingerprint density at radius 2 is 1.82 bits per heavy atom. The molecule has 2 fully saturated rings. The summed E-state index contributed by atoms with van der Waals surface area (Å²) >= 11 is 0. The summed E-state index contributed by atoms with van der Waals surface area (Å²) in [6.45, 7) is 10.3. The molecule has 0 unspecified atom stereocenters. The molecule has 2 rings (SSSR count). The fraction of sp³-hybridized carbons (Fsp3) is 1.00. The average molecular weight is 240 g/mol. The molecule has 2 saturated heterocycles. The summed E-state index contributed by atoms with van der Waals surface area (Å²) in [6.07, 6.45) is 5.40. The van der Waals surface area contributed by atoms with Gasteiger partial charge in [0, 0.05) is 25.7 Å². The first kappa shape index (κ1) is 13.3. The third-order valence-corrected chi connectivity index (χ3v) is 4.08. The van der Waals surface area contributed by atoms with Crippen LogP contribution in [0.2, 0.25) is 0 Å². The first-order chi connectivity index (χ1) is 8.33. The van der Waals surface area contributed by atoms with Crippen LogP contribution < -0.4 is 5.32 Å². The third kappa shape index (κ3) is 3.67. The SMILES string of the molecule is CCCC(CCC)N1CC(CNC2COC2)C1. The van der Waals surface area contributed by atoms with Crippen molar-refractivity contribution in [3.05, 3.63) is 0 Å². The minimum atomic E-state index is 0.645. The zero-order chi connectivity index (χ0) is 12.1. The van der Waals surface area contributed by atoms with Crippen LogP contribution in [0.5, 0.6) is 0 Å². The zero-order valence-corrected chi connectivity index (χ0v) is 11.5. The maximum absolute atomic E-state index is 5.17. The Morgan fingerprint density at radius 1 is 1.18 bits per heavy atom. The van der Waals surface area contributed by atoms with E-state index in [9.17, 15) is 0 Å². The number of nitrogens with zero attached hydrogens (tertiary/aromatic N) is 1. The van der Waals surface area contributed by atoms with Gasteiger partial charge in [-0.2, -0.15) is 0 Å². The van der Waals surface area contributed by atoms with E-state index in [1.54, 1.807) is 0 Å². The van der Waals surface area contributed by atoms with Crippen LogP contribution in [0.1, 0.15) is 39.5 Å². The van der Waals surface area contributed by atoms with Crippen LogP contribution in [0.3, 0.4) is 0 Å². The van der Waals surface area contributed by atoms with E-state index >= 15 is 0 Å². The van der Waals surface area contributed by atoms with E-state index in [2.05, 4.69) is 24.1 Å². The Morgan fingerprint density at radius 3 is 2.29 bits per heavy atom. The Bertz CT molecular complexity index is 206. The second-order valence-electron chi connectivity index (χ2n) is 5.69. The van der Waals surface area contributed by atoms with Crippen molar-refractivity contribution in [2.75, 3.05) is 32.8 Å². The molecule has 1 N–H and O–H groups in total. The van der Waals surface area contributed by atoms with Crippen molar-refractivity contribution in [3.63, 3.8) is 0 Å². The molecule has 2 heterocycles. The molecule has 2 aliphatic heterocycles. The van der Waals surface area contributed by atoms with Gasteiger partial charge in [-0.3, -0.25) is 4.90 Å². The lowest BCUT2D eigenvalue weighted by atomic mass is 9.93. The lowest BCUT2D eigenvalue weighted by molar-refractivity contribution is -0.0154. The van der Waals surface area contributed by atoms with Crippen molar-refractivity contribution in [2.45, 2.75) is 51.6 Å². The Kier molecular flexibility index (Phi) is 5.26. The van der Waals surface area contributed by atoms with Gasteiger partial charge in [-0.05, 0) is 18.8 Å². The Balaban J connectivity index is 1.58. The van der Waals surface area contributed by atoms with Gasteiger partial charge in [0.05, 0.1) is 19.3 Å². The van der Waals surface area contributed by atoms with Gasteiger partial charge < -0.3 is 10.1 Å². The summed E-state index contributed by atoms with van der Waals surface area (Å²) in [7, 11) is 0. The molecule has 0 saturated carbocycles. The number of hydrogen-bond donors (Lipinski definition) is 1. The predicted molar refractivity (Wildman–Crippen MR) is 71.3 cm³/mol. The van der Waals surface area contributed by atoms with E-state index in [1.165, 1.54) is 45.3 Å². The third-order valence-electron chi connectivity index (χ3n) is 4.08. The number of hydrogen-bond acceptors (Lipinski definition) is 3. The highest BCUT2D eigenvalue weighted by Crippen LogP contribution is 2.23. The van der Waals surface area contributed by atoms with E-state index in [0.29, 0.717) is 6.04 Å². The van der Waals surface area contributed by atoms with Gasteiger partial charge >= 0.3 is 0 Å². The van der Waals surface area contributed by atoms with Crippen LogP contribution in [0.15, 0.2) is 0 Å². The van der Waals surface area contributed by atoms with Crippen LogP contribution in [-0.2, 0) is 4.74 Å². The molecule has 3 nitrogen and oxygen atoms in total. The van der Waals surface area contributed by atoms with E-state index in [0.717, 1.165) is 25.2 Å². The second-order valence-corrected chi connectivity index (χ2v) is 5.69. The Hall–Kier alpha value is -0.120. The van der Waals surface area contributed by atoms with Gasteiger partial charge in [-0.25, -0.2) is 0 Å². The van der Waals surface area contributed by atoms with Gasteiger partial charge in [0.25, 0.3) is 0 Å². The van der Waals surface area contributed by atoms with Crippen LogP contribution in [0, 0.1) is 5.92 Å². The second kappa shape index (κ2) is 6.72. The highest BCUT2D eigenvalue weighted by Gasteiger charge is 2.32. The van der Waals surface area contributed by atoms with Gasteiger partial charge in [0.2, 0.25) is 0 Å². The normalized spacial score (nSPS) is 22.8. The molecule has 0 aromatic heterocycles. The van der Waals surface area contributed by atoms with E-state index < -0.39 is 0 Å². The van der Waals surface area contributed by atoms with Crippen molar-refractivity contribution in [2.24, 2.45) is 5.92 Å². The van der Waals surface area contributed by atoms with Crippen molar-refractivity contribution in [3.8, 4) is 0 Å². The molecule has 0 aromatic rings. The van der Waals surface area contributed by atoms with Crippen molar-refractivity contribution in [1.29, 1.82) is 0 Å². The maximum Gasteiger partial charge on any atom is 0.0643 e. The molecule has 0 aliphatic carbocycles. The molecule has 100 valence electrons. The van der Waals surface area contributed by atoms with Crippen molar-refractivity contribution >= 4 is 0 Å². The molecular formula is C14H28N2O. The maximum atomic E-state index is 5.17. The quantitative estimate of drug-likeness (QED) is 0.701. The average Bonchev–Trinajstić information content (AvgIpc) is 2.18. The Labute approximate surface area is 106 Å². The van der Waals surface area contributed by atoms with Crippen LogP contribution in [0.4, 0.5) is 0 Å². The highest BCUT2D eigenvalue weighted by atomic mass is 16.5. The highest BCUT2D eigenvalue weighted by molar-refractivity contribution is 4.87. The van der Waals surface area contributed by atoms with Gasteiger partial charge in [-0.1, -0.05) is 26.7 Å². The smallest absolute Gasteiger partial charge is 0.0643 e. The summed E-state index contributed by atoms with van der Waals surface area (Å²) < 4.78 is 5.17. The van der Waals surface area contributed by atoms with E-state index in [1.807, 2.05) is 0 Å².